The molecule has 0 atom stereocenters. The van der Waals surface area contributed by atoms with Gasteiger partial charge < -0.3 is 14.2 Å². The summed E-state index contributed by atoms with van der Waals surface area (Å²) in [6.45, 7) is 10.5. The van der Waals surface area contributed by atoms with Crippen LogP contribution in [0.3, 0.4) is 0 Å². The lowest BCUT2D eigenvalue weighted by Crippen LogP contribution is -2.30. The minimum Gasteiger partial charge on any atom is -0.480 e. The Bertz CT molecular complexity index is 1450. The summed E-state index contributed by atoms with van der Waals surface area (Å²) in [4.78, 5) is 17.4. The molecule has 3 rings (SSSR count). The van der Waals surface area contributed by atoms with Crippen molar-refractivity contribution in [3.63, 3.8) is 0 Å². The lowest BCUT2D eigenvalue weighted by atomic mass is 10.1. The number of hydrogen-bond acceptors (Lipinski definition) is 7. The average molecular weight is 659 g/mol. The molecular weight excluding hydrogens is 633 g/mol. The Morgan fingerprint density at radius 2 is 2.00 bits per heavy atom. The van der Waals surface area contributed by atoms with Gasteiger partial charge >= 0.3 is 5.92 Å². The molecule has 1 aromatic heterocycles. The third-order valence-corrected chi connectivity index (χ3v) is 7.23. The second-order valence-corrected chi connectivity index (χ2v) is 12.1. The molecule has 1 aromatic carbocycles. The maximum Gasteiger partial charge on any atom is 0.314 e. The van der Waals surface area contributed by atoms with Crippen LogP contribution in [0.25, 0.3) is 0 Å². The Labute approximate surface area is 234 Å². The fourth-order valence-electron chi connectivity index (χ4n) is 3.13. The zero-order chi connectivity index (χ0) is 28.3. The summed E-state index contributed by atoms with van der Waals surface area (Å²) < 4.78 is 53.4. The molecule has 1 aliphatic heterocycles. The number of allylic oxidation sites excluding steroid dienone is 2. The number of benzene rings is 1. The molecule has 0 N–H and O–H groups in total. The Morgan fingerprint density at radius 1 is 1.29 bits per heavy atom. The topological polar surface area (TPSA) is 98.7 Å². The van der Waals surface area contributed by atoms with Crippen molar-refractivity contribution in [3.8, 4) is 17.6 Å². The van der Waals surface area contributed by atoms with E-state index in [1.165, 1.54) is 29.9 Å². The molecule has 38 heavy (non-hydrogen) atoms. The summed E-state index contributed by atoms with van der Waals surface area (Å²) in [6, 6.07) is 5.89. The van der Waals surface area contributed by atoms with Crippen LogP contribution in [-0.4, -0.2) is 38.3 Å². The highest BCUT2D eigenvalue weighted by molar-refractivity contribution is 14.2. The van der Waals surface area contributed by atoms with E-state index in [-0.39, 0.29) is 29.5 Å². The van der Waals surface area contributed by atoms with Crippen molar-refractivity contribution in [2.45, 2.75) is 45.8 Å². The van der Waals surface area contributed by atoms with Crippen molar-refractivity contribution in [1.82, 2.24) is 9.55 Å². The first-order valence-corrected chi connectivity index (χ1v) is 13.7. The number of hydrogen-bond donors (Lipinski definition) is 0. The smallest absolute Gasteiger partial charge is 0.314 e. The largest absolute Gasteiger partial charge is 0.480 e. The van der Waals surface area contributed by atoms with Crippen LogP contribution in [0.1, 0.15) is 39.0 Å². The number of ether oxygens (including phenoxy) is 3. The molecule has 0 saturated heterocycles. The molecule has 0 spiro atoms. The van der Waals surface area contributed by atoms with Gasteiger partial charge in [-0.3, -0.25) is 9.36 Å². The van der Waals surface area contributed by atoms with Crippen LogP contribution in [0.2, 0.25) is 5.02 Å². The van der Waals surface area contributed by atoms with E-state index in [9.17, 15) is 10.1 Å². The second kappa shape index (κ2) is 11.8. The van der Waals surface area contributed by atoms with E-state index < -0.39 is 55.1 Å². The van der Waals surface area contributed by atoms with Crippen LogP contribution < -0.4 is 10.3 Å². The summed E-state index contributed by atoms with van der Waals surface area (Å²) >= 11 is 5.12. The standard InChI is InChI=1S/C26H26ClF2IN4O4/c1-15(2)26(28,29)22-21(38-20-8-16(11-31)7-18(27)10-20)24(35)34(14-32-22)12-19-9-17(13-37-25(3,4)5)23(36-6)33-30-19/h7-10,14H,1,12-13H2,2-6H3. The van der Waals surface area contributed by atoms with E-state index in [2.05, 4.69) is 14.8 Å². The van der Waals surface area contributed by atoms with Crippen molar-refractivity contribution in [2.75, 3.05) is 13.7 Å². The van der Waals surface area contributed by atoms with Gasteiger partial charge in [-0.05, 0) is 57.5 Å². The van der Waals surface area contributed by atoms with Crippen LogP contribution >= 0.6 is 32.6 Å². The first-order valence-electron chi connectivity index (χ1n) is 11.2. The van der Waals surface area contributed by atoms with E-state index in [4.69, 9.17) is 25.8 Å². The summed E-state index contributed by atoms with van der Waals surface area (Å²) in [5, 5.41) is 9.36. The Kier molecular flexibility index (Phi) is 9.22. The highest BCUT2D eigenvalue weighted by Crippen LogP contribution is 2.38. The minimum atomic E-state index is -3.65. The predicted octanol–water partition coefficient (Wildman–Crippen LogP) is 6.09. The molecular formula is C26H26ClF2IN4O4. The van der Waals surface area contributed by atoms with Gasteiger partial charge in [0.15, 0.2) is 5.69 Å². The van der Waals surface area contributed by atoms with Gasteiger partial charge in [-0.2, -0.15) is 17.2 Å². The Morgan fingerprint density at radius 3 is 2.61 bits per heavy atom. The van der Waals surface area contributed by atoms with E-state index in [0.717, 1.165) is 16.8 Å². The van der Waals surface area contributed by atoms with Crippen molar-refractivity contribution < 1.29 is 23.0 Å². The third-order valence-electron chi connectivity index (χ3n) is 5.06. The van der Waals surface area contributed by atoms with Crippen LogP contribution in [0, 0.1) is 11.3 Å². The van der Waals surface area contributed by atoms with Gasteiger partial charge in [0.25, 0.3) is 5.56 Å². The zero-order valence-electron chi connectivity index (χ0n) is 21.4. The van der Waals surface area contributed by atoms with Crippen molar-refractivity contribution >= 4 is 42.0 Å². The molecule has 12 heteroatoms. The maximum atomic E-state index is 15.0. The Balaban J connectivity index is 2.05. The molecule has 8 nitrogen and oxygen atoms in total. The van der Waals surface area contributed by atoms with Crippen LogP contribution in [-0.2, 0) is 21.9 Å². The molecule has 0 unspecified atom stereocenters. The van der Waals surface area contributed by atoms with Crippen molar-refractivity contribution in [2.24, 2.45) is 3.21 Å². The summed E-state index contributed by atoms with van der Waals surface area (Å²) in [5.41, 5.74) is -1.80. The Hall–Kier alpha value is -2.95. The molecule has 0 radical (unpaired) electrons. The number of alkyl halides is 2. The van der Waals surface area contributed by atoms with E-state index in [1.54, 1.807) is 0 Å². The van der Waals surface area contributed by atoms with E-state index in [0.29, 0.717) is 11.5 Å². The molecule has 2 heterocycles. The fraction of sp³-hybridized carbons (Fsp3) is 0.346. The summed E-state index contributed by atoms with van der Waals surface area (Å²) in [7, 11) is 1.52. The third kappa shape index (κ3) is 7.12. The van der Waals surface area contributed by atoms with Gasteiger partial charge in [-0.1, -0.05) is 18.2 Å². The lowest BCUT2D eigenvalue weighted by Gasteiger charge is -2.22. The average Bonchev–Trinajstić information content (AvgIpc) is 2.84. The first kappa shape index (κ1) is 29.6. The maximum absolute atomic E-state index is 15.0. The molecule has 202 valence electrons. The molecule has 0 amide bonds. The van der Waals surface area contributed by atoms with E-state index >= 15 is 8.78 Å². The molecule has 0 saturated carbocycles. The fourth-order valence-corrected chi connectivity index (χ4v) is 5.42. The van der Waals surface area contributed by atoms with Crippen molar-refractivity contribution in [3.05, 3.63) is 75.0 Å². The molecule has 1 aliphatic rings. The van der Waals surface area contributed by atoms with Gasteiger partial charge in [0, 0.05) is 35.1 Å². The second-order valence-electron chi connectivity index (χ2n) is 9.30. The van der Waals surface area contributed by atoms with Gasteiger partial charge in [-0.25, -0.2) is 4.98 Å². The summed E-state index contributed by atoms with van der Waals surface area (Å²) in [6.07, 6.45) is 2.90. The van der Waals surface area contributed by atoms with Gasteiger partial charge in [0.05, 0.1) is 43.8 Å². The number of methoxy groups -OCH3 is 1. The normalized spacial score (nSPS) is 13.9. The number of halogens is 4. The predicted molar refractivity (Wildman–Crippen MR) is 151 cm³/mol. The van der Waals surface area contributed by atoms with Gasteiger partial charge in [-0.15, -0.1) is 0 Å². The van der Waals surface area contributed by atoms with Gasteiger partial charge in [0.2, 0.25) is 11.6 Å². The van der Waals surface area contributed by atoms with Crippen LogP contribution in [0.5, 0.6) is 11.5 Å². The SMILES string of the molecule is C=C(C)C(F)(F)c1ncn(CC2=IN=C(OC)C(COC(C)(C)C)=C2)c(=O)c1Oc1cc(Cl)cc(C#N)c1. The molecule has 2 aromatic rings. The van der Waals surface area contributed by atoms with Crippen LogP contribution in [0.15, 0.2) is 56.3 Å². The number of rotatable bonds is 8. The lowest BCUT2D eigenvalue weighted by molar-refractivity contribution is 0.0123. The minimum absolute atomic E-state index is 0.0485. The van der Waals surface area contributed by atoms with Crippen LogP contribution in [0.4, 0.5) is 8.78 Å². The molecule has 0 bridgehead atoms. The number of nitriles is 1. The van der Waals surface area contributed by atoms with E-state index in [1.807, 2.05) is 32.9 Å². The number of nitrogens with zero attached hydrogens (tertiary/aromatic N) is 4. The quantitative estimate of drug-likeness (QED) is 0.252. The highest BCUT2D eigenvalue weighted by atomic mass is 127. The molecule has 0 aliphatic carbocycles. The first-order chi connectivity index (χ1) is 17.7. The van der Waals surface area contributed by atoms with Gasteiger partial charge in [0.1, 0.15) is 5.75 Å². The number of aromatic nitrogens is 2. The highest BCUT2D eigenvalue weighted by Gasteiger charge is 2.39. The molecule has 0 fully saturated rings. The van der Waals surface area contributed by atoms with Crippen molar-refractivity contribution in [1.29, 1.82) is 5.26 Å². The zero-order valence-corrected chi connectivity index (χ0v) is 24.4. The summed E-state index contributed by atoms with van der Waals surface area (Å²) in [5.74, 6) is -3.93. The monoisotopic (exact) mass is 658 g/mol.